The molecular formula is C18H18F2N2O3S. The summed E-state index contributed by atoms with van der Waals surface area (Å²) < 4.78 is 29.9. The summed E-state index contributed by atoms with van der Waals surface area (Å²) in [4.78, 5) is 27.5. The van der Waals surface area contributed by atoms with Crippen LogP contribution < -0.4 is 5.32 Å². The molecule has 0 atom stereocenters. The zero-order valence-corrected chi connectivity index (χ0v) is 14.9. The molecule has 2 aromatic rings. The molecule has 0 saturated carbocycles. The van der Waals surface area contributed by atoms with Gasteiger partial charge in [-0.3, -0.25) is 4.79 Å². The molecule has 26 heavy (non-hydrogen) atoms. The normalized spacial score (nSPS) is 10.6. The van der Waals surface area contributed by atoms with Crippen molar-refractivity contribution < 1.29 is 23.1 Å². The number of hydrogen-bond donors (Lipinski definition) is 1. The van der Waals surface area contributed by atoms with Gasteiger partial charge in [0.25, 0.3) is 11.7 Å². The first kappa shape index (κ1) is 19.8. The lowest BCUT2D eigenvalue weighted by molar-refractivity contribution is -0.124. The van der Waals surface area contributed by atoms with E-state index < -0.39 is 24.2 Å². The van der Waals surface area contributed by atoms with E-state index in [1.807, 2.05) is 31.2 Å². The van der Waals surface area contributed by atoms with Crippen molar-refractivity contribution >= 4 is 23.6 Å². The Hall–Kier alpha value is -2.48. The number of amides is 1. The van der Waals surface area contributed by atoms with Crippen molar-refractivity contribution in [2.45, 2.75) is 24.1 Å². The third-order valence-electron chi connectivity index (χ3n) is 3.50. The molecular weight excluding hydrogens is 362 g/mol. The highest BCUT2D eigenvalue weighted by molar-refractivity contribution is 7.99. The molecule has 0 bridgehead atoms. The van der Waals surface area contributed by atoms with Crippen LogP contribution in [0.15, 0.2) is 47.6 Å². The zero-order valence-electron chi connectivity index (χ0n) is 14.1. The van der Waals surface area contributed by atoms with Crippen LogP contribution >= 0.6 is 11.8 Å². The summed E-state index contributed by atoms with van der Waals surface area (Å²) >= 11 is 0.155. The maximum absolute atomic E-state index is 12.5. The molecule has 0 aliphatic heterocycles. The number of alkyl halides is 2. The number of aryl methyl sites for hydroxylation is 1. The van der Waals surface area contributed by atoms with Crippen LogP contribution in [-0.4, -0.2) is 35.8 Å². The number of hydrogen-bond acceptors (Lipinski definition) is 5. The van der Waals surface area contributed by atoms with E-state index in [1.54, 1.807) is 0 Å². The fraction of sp³-hybridized carbons (Fsp3) is 0.278. The number of esters is 1. The molecule has 0 radical (unpaired) electrons. The maximum Gasteiger partial charge on any atom is 0.341 e. The molecule has 1 aromatic heterocycles. The second kappa shape index (κ2) is 9.86. The van der Waals surface area contributed by atoms with Crippen molar-refractivity contribution in [2.24, 2.45) is 0 Å². The second-order valence-electron chi connectivity index (χ2n) is 5.34. The van der Waals surface area contributed by atoms with Crippen molar-refractivity contribution in [1.82, 2.24) is 10.3 Å². The first-order valence-electron chi connectivity index (χ1n) is 7.85. The van der Waals surface area contributed by atoms with E-state index in [-0.39, 0.29) is 22.4 Å². The van der Waals surface area contributed by atoms with Crippen LogP contribution in [-0.2, 0) is 16.0 Å². The standard InChI is InChI=1S/C18H18F2N2O3S/c1-12-5-2-3-6-13(12)8-10-21-15(23)11-25-17(24)14-7-4-9-22-16(14)26-18(19)20/h2-7,9,18H,8,10-11H2,1H3,(H,21,23). The van der Waals surface area contributed by atoms with Crippen molar-refractivity contribution in [3.63, 3.8) is 0 Å². The van der Waals surface area contributed by atoms with E-state index in [1.165, 1.54) is 18.3 Å². The Bertz CT molecular complexity index is 772. The molecule has 0 aliphatic carbocycles. The lowest BCUT2D eigenvalue weighted by Crippen LogP contribution is -2.30. The first-order valence-corrected chi connectivity index (χ1v) is 8.73. The Kier molecular flexibility index (Phi) is 7.53. The largest absolute Gasteiger partial charge is 0.452 e. The number of rotatable bonds is 8. The Morgan fingerprint density at radius 3 is 2.73 bits per heavy atom. The molecule has 1 heterocycles. The fourth-order valence-electron chi connectivity index (χ4n) is 2.21. The third kappa shape index (κ3) is 6.11. The number of thioether (sulfide) groups is 1. The Morgan fingerprint density at radius 2 is 2.00 bits per heavy atom. The van der Waals surface area contributed by atoms with Gasteiger partial charge in [-0.25, -0.2) is 9.78 Å². The van der Waals surface area contributed by atoms with Crippen LogP contribution in [0.5, 0.6) is 0 Å². The second-order valence-corrected chi connectivity index (χ2v) is 6.32. The highest BCUT2D eigenvalue weighted by Gasteiger charge is 2.18. The molecule has 1 N–H and O–H groups in total. The summed E-state index contributed by atoms with van der Waals surface area (Å²) in [5, 5.41) is 2.52. The number of ether oxygens (including phenoxy) is 1. The number of nitrogens with one attached hydrogen (secondary N) is 1. The van der Waals surface area contributed by atoms with Gasteiger partial charge in [0, 0.05) is 12.7 Å². The van der Waals surface area contributed by atoms with Crippen molar-refractivity contribution in [3.8, 4) is 0 Å². The third-order valence-corrected chi connectivity index (χ3v) is 4.23. The molecule has 2 rings (SSSR count). The molecule has 5 nitrogen and oxygen atoms in total. The Balaban J connectivity index is 1.80. The number of halogens is 2. The molecule has 8 heteroatoms. The average Bonchev–Trinajstić information content (AvgIpc) is 2.61. The highest BCUT2D eigenvalue weighted by atomic mass is 32.2. The van der Waals surface area contributed by atoms with Crippen molar-refractivity contribution in [2.75, 3.05) is 13.2 Å². The van der Waals surface area contributed by atoms with E-state index in [0.717, 1.165) is 11.1 Å². The van der Waals surface area contributed by atoms with Gasteiger partial charge >= 0.3 is 5.97 Å². The molecule has 1 aromatic carbocycles. The van der Waals surface area contributed by atoms with Crippen LogP contribution in [0.4, 0.5) is 8.78 Å². The summed E-state index contributed by atoms with van der Waals surface area (Å²) in [5.41, 5.74) is 2.16. The van der Waals surface area contributed by atoms with Crippen LogP contribution in [0.1, 0.15) is 21.5 Å². The summed E-state index contributed by atoms with van der Waals surface area (Å²) in [6.07, 6.45) is 1.96. The van der Waals surface area contributed by atoms with E-state index >= 15 is 0 Å². The van der Waals surface area contributed by atoms with Gasteiger partial charge in [-0.1, -0.05) is 24.3 Å². The monoisotopic (exact) mass is 380 g/mol. The summed E-state index contributed by atoms with van der Waals surface area (Å²) in [6, 6.07) is 10.6. The van der Waals surface area contributed by atoms with E-state index in [0.29, 0.717) is 13.0 Å². The van der Waals surface area contributed by atoms with E-state index in [2.05, 4.69) is 10.3 Å². The van der Waals surface area contributed by atoms with Gasteiger partial charge in [0.05, 0.1) is 5.56 Å². The molecule has 0 saturated heterocycles. The van der Waals surface area contributed by atoms with Gasteiger partial charge in [-0.15, -0.1) is 0 Å². The van der Waals surface area contributed by atoms with Crippen LogP contribution in [0, 0.1) is 6.92 Å². The van der Waals surface area contributed by atoms with Gasteiger partial charge in [-0.05, 0) is 48.4 Å². The van der Waals surface area contributed by atoms with Crippen LogP contribution in [0.2, 0.25) is 0 Å². The number of carbonyl (C=O) groups is 2. The van der Waals surface area contributed by atoms with Gasteiger partial charge in [0.1, 0.15) is 5.03 Å². The number of benzene rings is 1. The molecule has 1 amide bonds. The minimum Gasteiger partial charge on any atom is -0.452 e. The van der Waals surface area contributed by atoms with E-state index in [9.17, 15) is 18.4 Å². The summed E-state index contributed by atoms with van der Waals surface area (Å²) in [6.45, 7) is 1.91. The minimum absolute atomic E-state index is 0.0921. The minimum atomic E-state index is -2.71. The fourth-order valence-corrected chi connectivity index (χ4v) is 2.78. The lowest BCUT2D eigenvalue weighted by atomic mass is 10.1. The first-order chi connectivity index (χ1) is 12.5. The van der Waals surface area contributed by atoms with Crippen LogP contribution in [0.25, 0.3) is 0 Å². The quantitative estimate of drug-likeness (QED) is 0.563. The number of nitrogens with zero attached hydrogens (tertiary/aromatic N) is 1. The predicted molar refractivity (Wildman–Crippen MR) is 94.3 cm³/mol. The number of carbonyl (C=O) groups excluding carboxylic acids is 2. The van der Waals surface area contributed by atoms with Crippen LogP contribution in [0.3, 0.4) is 0 Å². The number of pyridine rings is 1. The predicted octanol–water partition coefficient (Wildman–Crippen LogP) is 3.22. The maximum atomic E-state index is 12.5. The topological polar surface area (TPSA) is 68.3 Å². The molecule has 0 spiro atoms. The van der Waals surface area contributed by atoms with Gasteiger partial charge in [-0.2, -0.15) is 8.78 Å². The van der Waals surface area contributed by atoms with Crippen molar-refractivity contribution in [3.05, 3.63) is 59.3 Å². The number of aromatic nitrogens is 1. The Labute approximate surface area is 154 Å². The zero-order chi connectivity index (χ0) is 18.9. The van der Waals surface area contributed by atoms with Gasteiger partial charge < -0.3 is 10.1 Å². The lowest BCUT2D eigenvalue weighted by Gasteiger charge is -2.09. The van der Waals surface area contributed by atoms with Gasteiger partial charge in [0.2, 0.25) is 0 Å². The SMILES string of the molecule is Cc1ccccc1CCNC(=O)COC(=O)c1cccnc1SC(F)F. The molecule has 0 fully saturated rings. The van der Waals surface area contributed by atoms with Crippen molar-refractivity contribution in [1.29, 1.82) is 0 Å². The Morgan fingerprint density at radius 1 is 1.23 bits per heavy atom. The molecule has 0 aliphatic rings. The highest BCUT2D eigenvalue weighted by Crippen LogP contribution is 2.26. The summed E-state index contributed by atoms with van der Waals surface area (Å²) in [5.74, 6) is -4.03. The van der Waals surface area contributed by atoms with E-state index in [4.69, 9.17) is 4.74 Å². The average molecular weight is 380 g/mol. The molecule has 0 unspecified atom stereocenters. The van der Waals surface area contributed by atoms with Gasteiger partial charge in [0.15, 0.2) is 6.61 Å². The smallest absolute Gasteiger partial charge is 0.341 e. The summed E-state index contributed by atoms with van der Waals surface area (Å²) in [7, 11) is 0. The molecule has 138 valence electrons.